The lowest BCUT2D eigenvalue weighted by atomic mass is 9.96. The molecule has 2 aliphatic rings. The van der Waals surface area contributed by atoms with Gasteiger partial charge in [0.25, 0.3) is 0 Å². The van der Waals surface area contributed by atoms with E-state index in [0.29, 0.717) is 6.61 Å². The van der Waals surface area contributed by atoms with Crippen molar-refractivity contribution in [1.29, 1.82) is 0 Å². The number of fused-ring (bicyclic) bond motifs is 1. The highest BCUT2D eigenvalue weighted by molar-refractivity contribution is 4.90. The summed E-state index contributed by atoms with van der Waals surface area (Å²) in [4.78, 5) is 0. The highest BCUT2D eigenvalue weighted by Gasteiger charge is 2.59. The van der Waals surface area contributed by atoms with Crippen molar-refractivity contribution in [1.82, 2.24) is 0 Å². The van der Waals surface area contributed by atoms with E-state index in [1.807, 2.05) is 13.8 Å². The maximum atomic E-state index is 8.92. The van der Waals surface area contributed by atoms with E-state index in [4.69, 9.17) is 19.3 Å². The van der Waals surface area contributed by atoms with Gasteiger partial charge in [-0.2, -0.15) is 0 Å². The molecule has 0 aromatic rings. The van der Waals surface area contributed by atoms with Crippen molar-refractivity contribution in [3.05, 3.63) is 0 Å². The smallest absolute Gasteiger partial charge is 0.192 e. The van der Waals surface area contributed by atoms with E-state index in [1.54, 1.807) is 0 Å². The van der Waals surface area contributed by atoms with Gasteiger partial charge in [0.05, 0.1) is 13.2 Å². The van der Waals surface area contributed by atoms with Crippen molar-refractivity contribution in [2.75, 3.05) is 13.2 Å². The van der Waals surface area contributed by atoms with Gasteiger partial charge in [-0.15, -0.1) is 0 Å². The summed E-state index contributed by atoms with van der Waals surface area (Å²) < 4.78 is 15.5. The quantitative estimate of drug-likeness (QED) is 0.614. The Hall–Kier alpha value is -0.160. The van der Waals surface area contributed by atoms with Gasteiger partial charge in [0.2, 0.25) is 0 Å². The van der Waals surface area contributed by atoms with Crippen LogP contribution in [-0.4, -0.2) is 37.0 Å². The van der Waals surface area contributed by atoms with E-state index in [-0.39, 0.29) is 30.7 Å². The Morgan fingerprint density at radius 3 is 2.58 bits per heavy atom. The zero-order valence-corrected chi connectivity index (χ0v) is 7.32. The largest absolute Gasteiger partial charge is 0.396 e. The molecule has 0 saturated carbocycles. The zero-order valence-electron chi connectivity index (χ0n) is 7.32. The van der Waals surface area contributed by atoms with E-state index in [1.165, 1.54) is 0 Å². The number of aliphatic hydroxyl groups excluding tert-OH is 1. The summed E-state index contributed by atoms with van der Waals surface area (Å²) >= 11 is 0. The molecule has 2 rings (SSSR count). The second-order valence-corrected chi connectivity index (χ2v) is 4.11. The minimum absolute atomic E-state index is 0.00670. The highest BCUT2D eigenvalue weighted by atomic mass is 16.9. The zero-order chi connectivity index (χ0) is 8.77. The van der Waals surface area contributed by atoms with Gasteiger partial charge in [0.15, 0.2) is 18.7 Å². The molecule has 2 saturated heterocycles. The number of hydrogen-bond donors (Lipinski definition) is 1. The molecular weight excluding hydrogens is 160 g/mol. The summed E-state index contributed by atoms with van der Waals surface area (Å²) in [5.41, 5.74) is -0.191. The lowest BCUT2D eigenvalue weighted by Gasteiger charge is -2.27. The summed E-state index contributed by atoms with van der Waals surface area (Å²) in [6.45, 7) is 4.50. The Bertz CT molecular complexity index is 180. The molecule has 1 N–H and O–H groups in total. The predicted molar refractivity (Wildman–Crippen MR) is 40.4 cm³/mol. The van der Waals surface area contributed by atoms with Gasteiger partial charge < -0.3 is 19.3 Å². The molecule has 4 heteroatoms. The average molecular weight is 174 g/mol. The van der Waals surface area contributed by atoms with Crippen molar-refractivity contribution in [2.45, 2.75) is 32.5 Å². The number of hydrogen-bond acceptors (Lipinski definition) is 4. The second kappa shape index (κ2) is 2.67. The molecule has 3 unspecified atom stereocenters. The summed E-state index contributed by atoms with van der Waals surface area (Å²) in [5.74, 6) is 0. The third-order valence-electron chi connectivity index (χ3n) is 2.09. The fraction of sp³-hybridized carbons (Fsp3) is 1.00. The Morgan fingerprint density at radius 1 is 1.42 bits per heavy atom. The van der Waals surface area contributed by atoms with Crippen molar-refractivity contribution in [2.24, 2.45) is 5.41 Å². The molecule has 70 valence electrons. The molecule has 0 amide bonds. The van der Waals surface area contributed by atoms with Gasteiger partial charge >= 0.3 is 0 Å². The normalized spacial score (nSPS) is 38.8. The molecule has 0 bridgehead atoms. The van der Waals surface area contributed by atoms with Crippen LogP contribution in [0.5, 0.6) is 0 Å². The van der Waals surface area contributed by atoms with Crippen LogP contribution in [0, 0.1) is 5.41 Å². The highest BCUT2D eigenvalue weighted by Crippen LogP contribution is 2.40. The summed E-state index contributed by atoms with van der Waals surface area (Å²) in [5, 5.41) is 8.92. The van der Waals surface area contributed by atoms with E-state index in [2.05, 4.69) is 0 Å². The summed E-state index contributed by atoms with van der Waals surface area (Å²) in [7, 11) is 0. The first-order chi connectivity index (χ1) is 5.62. The number of ether oxygens (including phenoxy) is 3. The number of epoxide rings is 1. The fourth-order valence-corrected chi connectivity index (χ4v) is 1.02. The molecule has 12 heavy (non-hydrogen) atoms. The molecule has 0 aromatic heterocycles. The van der Waals surface area contributed by atoms with Crippen molar-refractivity contribution < 1.29 is 19.3 Å². The van der Waals surface area contributed by atoms with Gasteiger partial charge in [-0.1, -0.05) is 13.8 Å². The van der Waals surface area contributed by atoms with Crippen molar-refractivity contribution >= 4 is 0 Å². The molecule has 0 spiro atoms. The third-order valence-corrected chi connectivity index (χ3v) is 2.09. The lowest BCUT2D eigenvalue weighted by molar-refractivity contribution is -0.214. The first kappa shape index (κ1) is 8.44. The fourth-order valence-electron chi connectivity index (χ4n) is 1.02. The lowest BCUT2D eigenvalue weighted by Crippen LogP contribution is -2.39. The molecule has 2 aliphatic heterocycles. The Morgan fingerprint density at radius 2 is 2.17 bits per heavy atom. The number of aliphatic hydroxyl groups is 1. The van der Waals surface area contributed by atoms with Gasteiger partial charge in [0, 0.05) is 5.41 Å². The molecule has 0 aliphatic carbocycles. The Labute approximate surface area is 71.4 Å². The van der Waals surface area contributed by atoms with Gasteiger partial charge in [-0.05, 0) is 0 Å². The van der Waals surface area contributed by atoms with Crippen molar-refractivity contribution in [3.63, 3.8) is 0 Å². The summed E-state index contributed by atoms with van der Waals surface area (Å²) in [6, 6.07) is 0. The minimum Gasteiger partial charge on any atom is -0.396 e. The Balaban J connectivity index is 1.67. The molecule has 3 atom stereocenters. The monoisotopic (exact) mass is 174 g/mol. The van der Waals surface area contributed by atoms with Gasteiger partial charge in [0.1, 0.15) is 0 Å². The molecule has 0 radical (unpaired) electrons. The number of rotatable bonds is 4. The first-order valence-corrected chi connectivity index (χ1v) is 4.16. The van der Waals surface area contributed by atoms with Crippen LogP contribution in [0.15, 0.2) is 0 Å². The Kier molecular flexibility index (Phi) is 1.88. The second-order valence-electron chi connectivity index (χ2n) is 4.11. The topological polar surface area (TPSA) is 51.2 Å². The van der Waals surface area contributed by atoms with E-state index >= 15 is 0 Å². The van der Waals surface area contributed by atoms with Crippen LogP contribution >= 0.6 is 0 Å². The predicted octanol–water partition coefficient (Wildman–Crippen LogP) is 0.103. The maximum Gasteiger partial charge on any atom is 0.192 e. The van der Waals surface area contributed by atoms with Crippen LogP contribution in [0.4, 0.5) is 0 Å². The van der Waals surface area contributed by atoms with Gasteiger partial charge in [-0.25, -0.2) is 0 Å². The standard InChI is InChI=1S/C8H14O4/c1-8(2,3-9)4-10-6-5-7(11-5)12-6/h5-7,9H,3-4H2,1-2H3. The van der Waals surface area contributed by atoms with Crippen LogP contribution in [0.25, 0.3) is 0 Å². The molecular formula is C8H14O4. The maximum absolute atomic E-state index is 8.92. The van der Waals surface area contributed by atoms with Crippen LogP contribution in [-0.2, 0) is 14.2 Å². The molecule has 2 fully saturated rings. The molecule has 2 heterocycles. The van der Waals surface area contributed by atoms with Crippen LogP contribution in [0.2, 0.25) is 0 Å². The van der Waals surface area contributed by atoms with Crippen LogP contribution in [0.3, 0.4) is 0 Å². The molecule has 0 aromatic carbocycles. The molecule has 4 nitrogen and oxygen atoms in total. The average Bonchev–Trinajstić information content (AvgIpc) is 2.62. The van der Waals surface area contributed by atoms with Gasteiger partial charge in [-0.3, -0.25) is 0 Å². The van der Waals surface area contributed by atoms with E-state index < -0.39 is 0 Å². The van der Waals surface area contributed by atoms with Crippen LogP contribution in [0.1, 0.15) is 13.8 Å². The SMILES string of the molecule is CC(C)(CO)COC1OC2OC12. The summed E-state index contributed by atoms with van der Waals surface area (Å²) in [6.07, 6.45) is -0.0208. The first-order valence-electron chi connectivity index (χ1n) is 4.16. The minimum atomic E-state index is -0.194. The van der Waals surface area contributed by atoms with Crippen LogP contribution < -0.4 is 0 Å². The van der Waals surface area contributed by atoms with E-state index in [9.17, 15) is 0 Å². The van der Waals surface area contributed by atoms with Crippen molar-refractivity contribution in [3.8, 4) is 0 Å². The van der Waals surface area contributed by atoms with E-state index in [0.717, 1.165) is 0 Å². The third kappa shape index (κ3) is 1.47.